The van der Waals surface area contributed by atoms with E-state index in [1.54, 1.807) is 0 Å². The first-order valence-electron chi connectivity index (χ1n) is 9.21. The Labute approximate surface area is 166 Å². The Bertz CT molecular complexity index is 836. The third kappa shape index (κ3) is 6.23. The van der Waals surface area contributed by atoms with Gasteiger partial charge in [0.2, 0.25) is 5.89 Å². The summed E-state index contributed by atoms with van der Waals surface area (Å²) in [6.07, 6.45) is -2.08. The first-order valence-corrected chi connectivity index (χ1v) is 9.21. The Hall–Kier alpha value is -3.04. The van der Waals surface area contributed by atoms with Crippen molar-refractivity contribution >= 4 is 17.6 Å². The van der Waals surface area contributed by atoms with Crippen molar-refractivity contribution in [3.05, 3.63) is 47.7 Å². The minimum absolute atomic E-state index is 0.0766. The van der Waals surface area contributed by atoms with Crippen LogP contribution >= 0.6 is 0 Å². The molecular formula is C19H23F3N4O3. The maximum absolute atomic E-state index is 13.1. The van der Waals surface area contributed by atoms with Crippen LogP contribution in [0.2, 0.25) is 0 Å². The molecule has 1 aromatic carbocycles. The number of aromatic nitrogens is 1. The molecule has 0 atom stereocenters. The van der Waals surface area contributed by atoms with E-state index < -0.39 is 23.7 Å². The van der Waals surface area contributed by atoms with Gasteiger partial charge in [-0.15, -0.1) is 0 Å². The molecule has 7 nitrogen and oxygen atoms in total. The standard InChI is InChI=1S/C19H23F3N4O3/c1-3-9-23-17(27)15-12-29-16(24-15)11-26(10-4-2)18(28)25-14-8-6-5-7-13(14)19(20,21)22/h5-8,12H,3-4,9-11H2,1-2H3,(H,23,27)(H,25,28). The second kappa shape index (κ2) is 9.94. The highest BCUT2D eigenvalue weighted by atomic mass is 19.4. The summed E-state index contributed by atoms with van der Waals surface area (Å²) < 4.78 is 44.6. The van der Waals surface area contributed by atoms with E-state index in [0.717, 1.165) is 12.5 Å². The van der Waals surface area contributed by atoms with Crippen LogP contribution in [0.5, 0.6) is 0 Å². The number of urea groups is 1. The van der Waals surface area contributed by atoms with Gasteiger partial charge in [0.25, 0.3) is 5.91 Å². The molecular weight excluding hydrogens is 389 g/mol. The van der Waals surface area contributed by atoms with Gasteiger partial charge in [-0.05, 0) is 25.0 Å². The van der Waals surface area contributed by atoms with E-state index in [-0.39, 0.29) is 30.4 Å². The fourth-order valence-corrected chi connectivity index (χ4v) is 2.54. The van der Waals surface area contributed by atoms with Crippen molar-refractivity contribution in [1.82, 2.24) is 15.2 Å². The van der Waals surface area contributed by atoms with Crippen LogP contribution in [0.3, 0.4) is 0 Å². The normalized spacial score (nSPS) is 11.2. The van der Waals surface area contributed by atoms with Crippen molar-refractivity contribution in [3.8, 4) is 0 Å². The number of nitrogens with zero attached hydrogens (tertiary/aromatic N) is 2. The number of amides is 3. The molecule has 0 aliphatic carbocycles. The average molecular weight is 412 g/mol. The third-order valence-corrected chi connectivity index (χ3v) is 3.90. The molecule has 158 valence electrons. The van der Waals surface area contributed by atoms with Crippen molar-refractivity contribution in [2.75, 3.05) is 18.4 Å². The topological polar surface area (TPSA) is 87.5 Å². The molecule has 0 unspecified atom stereocenters. The largest absolute Gasteiger partial charge is 0.446 e. The summed E-state index contributed by atoms with van der Waals surface area (Å²) in [5.74, 6) is -0.285. The summed E-state index contributed by atoms with van der Waals surface area (Å²) in [6.45, 7) is 4.40. The van der Waals surface area contributed by atoms with Gasteiger partial charge in [0, 0.05) is 13.1 Å². The van der Waals surface area contributed by atoms with Crippen molar-refractivity contribution in [2.24, 2.45) is 0 Å². The van der Waals surface area contributed by atoms with E-state index in [1.165, 1.54) is 29.4 Å². The lowest BCUT2D eigenvalue weighted by Gasteiger charge is -2.22. The zero-order chi connectivity index (χ0) is 21.4. The van der Waals surface area contributed by atoms with Gasteiger partial charge in [-0.1, -0.05) is 26.0 Å². The number of hydrogen-bond acceptors (Lipinski definition) is 4. The highest BCUT2D eigenvalue weighted by molar-refractivity contribution is 5.92. The number of rotatable bonds is 8. The molecule has 0 bridgehead atoms. The molecule has 3 amide bonds. The number of carbonyl (C=O) groups is 2. The number of oxazole rings is 1. The van der Waals surface area contributed by atoms with Gasteiger partial charge in [0.1, 0.15) is 6.26 Å². The van der Waals surface area contributed by atoms with Gasteiger partial charge >= 0.3 is 12.2 Å². The smallest absolute Gasteiger partial charge is 0.418 e. The quantitative estimate of drug-likeness (QED) is 0.678. The summed E-state index contributed by atoms with van der Waals surface area (Å²) in [6, 6.07) is 4.02. The molecule has 29 heavy (non-hydrogen) atoms. The third-order valence-electron chi connectivity index (χ3n) is 3.90. The van der Waals surface area contributed by atoms with E-state index in [0.29, 0.717) is 13.0 Å². The van der Waals surface area contributed by atoms with Crippen LogP contribution in [-0.4, -0.2) is 34.9 Å². The second-order valence-corrected chi connectivity index (χ2v) is 6.28. The van der Waals surface area contributed by atoms with Crippen LogP contribution in [0.1, 0.15) is 48.6 Å². The molecule has 1 heterocycles. The predicted octanol–water partition coefficient (Wildman–Crippen LogP) is 4.28. The maximum Gasteiger partial charge on any atom is 0.418 e. The minimum Gasteiger partial charge on any atom is -0.446 e. The number of benzene rings is 1. The Kier molecular flexibility index (Phi) is 7.63. The van der Waals surface area contributed by atoms with Crippen LogP contribution in [-0.2, 0) is 12.7 Å². The first-order chi connectivity index (χ1) is 13.8. The van der Waals surface area contributed by atoms with Crippen molar-refractivity contribution in [2.45, 2.75) is 39.4 Å². The van der Waals surface area contributed by atoms with Crippen molar-refractivity contribution in [1.29, 1.82) is 0 Å². The van der Waals surface area contributed by atoms with Gasteiger partial charge in [0.15, 0.2) is 5.69 Å². The predicted molar refractivity (Wildman–Crippen MR) is 100 cm³/mol. The molecule has 0 saturated heterocycles. The van der Waals surface area contributed by atoms with E-state index in [2.05, 4.69) is 15.6 Å². The SMILES string of the molecule is CCCNC(=O)c1coc(CN(CCC)C(=O)Nc2ccccc2C(F)(F)F)n1. The number of halogens is 3. The lowest BCUT2D eigenvalue weighted by atomic mass is 10.1. The minimum atomic E-state index is -4.59. The molecule has 2 N–H and O–H groups in total. The molecule has 0 aliphatic rings. The fraction of sp³-hybridized carbons (Fsp3) is 0.421. The summed E-state index contributed by atoms with van der Waals surface area (Å²) in [4.78, 5) is 29.8. The lowest BCUT2D eigenvalue weighted by Crippen LogP contribution is -2.35. The molecule has 0 fully saturated rings. The van der Waals surface area contributed by atoms with Crippen LogP contribution in [0, 0.1) is 0 Å². The Morgan fingerprint density at radius 2 is 1.90 bits per heavy atom. The first kappa shape index (κ1) is 22.3. The van der Waals surface area contributed by atoms with Crippen molar-refractivity contribution < 1.29 is 27.2 Å². The van der Waals surface area contributed by atoms with Gasteiger partial charge in [0.05, 0.1) is 17.8 Å². The number of nitrogens with one attached hydrogen (secondary N) is 2. The van der Waals surface area contributed by atoms with Gasteiger partial charge < -0.3 is 20.0 Å². The van der Waals surface area contributed by atoms with Crippen LogP contribution in [0.25, 0.3) is 0 Å². The van der Waals surface area contributed by atoms with Gasteiger partial charge in [-0.3, -0.25) is 4.79 Å². The Morgan fingerprint density at radius 3 is 2.55 bits per heavy atom. The molecule has 0 saturated carbocycles. The molecule has 2 rings (SSSR count). The van der Waals surface area contributed by atoms with Crippen LogP contribution in [0.15, 0.2) is 34.9 Å². The summed E-state index contributed by atoms with van der Waals surface area (Å²) in [7, 11) is 0. The number of para-hydroxylation sites is 1. The number of hydrogen-bond donors (Lipinski definition) is 2. The van der Waals surface area contributed by atoms with Gasteiger partial charge in [-0.25, -0.2) is 9.78 Å². The lowest BCUT2D eigenvalue weighted by molar-refractivity contribution is -0.136. The maximum atomic E-state index is 13.1. The van der Waals surface area contributed by atoms with E-state index in [4.69, 9.17) is 4.42 Å². The second-order valence-electron chi connectivity index (χ2n) is 6.28. The van der Waals surface area contributed by atoms with E-state index in [1.807, 2.05) is 13.8 Å². The number of anilines is 1. The summed E-state index contributed by atoms with van der Waals surface area (Å²) in [5, 5.41) is 4.95. The Balaban J connectivity index is 2.11. The number of alkyl halides is 3. The fourth-order valence-electron chi connectivity index (χ4n) is 2.54. The molecule has 0 aliphatic heterocycles. The summed E-state index contributed by atoms with van der Waals surface area (Å²) in [5.41, 5.74) is -1.19. The van der Waals surface area contributed by atoms with Crippen LogP contribution in [0.4, 0.5) is 23.7 Å². The highest BCUT2D eigenvalue weighted by Gasteiger charge is 2.34. The zero-order valence-corrected chi connectivity index (χ0v) is 16.2. The van der Waals surface area contributed by atoms with Gasteiger partial charge in [-0.2, -0.15) is 13.2 Å². The monoisotopic (exact) mass is 412 g/mol. The van der Waals surface area contributed by atoms with Crippen molar-refractivity contribution in [3.63, 3.8) is 0 Å². The van der Waals surface area contributed by atoms with E-state index >= 15 is 0 Å². The highest BCUT2D eigenvalue weighted by Crippen LogP contribution is 2.34. The zero-order valence-electron chi connectivity index (χ0n) is 16.2. The molecule has 1 aromatic heterocycles. The average Bonchev–Trinajstić information content (AvgIpc) is 3.14. The molecule has 0 spiro atoms. The summed E-state index contributed by atoms with van der Waals surface area (Å²) >= 11 is 0. The molecule has 10 heteroatoms. The van der Waals surface area contributed by atoms with E-state index in [9.17, 15) is 22.8 Å². The number of carbonyl (C=O) groups excluding carboxylic acids is 2. The Morgan fingerprint density at radius 1 is 1.17 bits per heavy atom. The van der Waals surface area contributed by atoms with Crippen LogP contribution < -0.4 is 10.6 Å². The molecule has 0 radical (unpaired) electrons. The molecule has 2 aromatic rings.